The highest BCUT2D eigenvalue weighted by Crippen LogP contribution is 2.23. The van der Waals surface area contributed by atoms with Gasteiger partial charge in [0.05, 0.1) is 0 Å². The first-order valence-corrected chi connectivity index (χ1v) is 6.13. The molecule has 16 heavy (non-hydrogen) atoms. The van der Waals surface area contributed by atoms with Crippen LogP contribution < -0.4 is 5.32 Å². The molecule has 0 radical (unpaired) electrons. The minimum atomic E-state index is -0.806. The number of carbonyl (C=O) groups is 1. The van der Waals surface area contributed by atoms with Crippen molar-refractivity contribution < 1.29 is 9.90 Å². The standard InChI is InChI=1S/C12H17NO2S/c1-8-4-5-11(9(2)6-8)16-7-10(13-3)12(14)15/h4-6,10,13H,7H2,1-3H3,(H,14,15). The lowest BCUT2D eigenvalue weighted by Gasteiger charge is -2.12. The summed E-state index contributed by atoms with van der Waals surface area (Å²) in [7, 11) is 1.67. The average Bonchev–Trinajstić information content (AvgIpc) is 2.21. The number of thioether (sulfide) groups is 1. The van der Waals surface area contributed by atoms with E-state index in [1.54, 1.807) is 18.8 Å². The molecule has 0 saturated heterocycles. The number of benzene rings is 1. The number of nitrogens with one attached hydrogen (secondary N) is 1. The molecule has 0 aliphatic rings. The van der Waals surface area contributed by atoms with Crippen molar-refractivity contribution >= 4 is 17.7 Å². The smallest absolute Gasteiger partial charge is 0.321 e. The van der Waals surface area contributed by atoms with Gasteiger partial charge < -0.3 is 10.4 Å². The van der Waals surface area contributed by atoms with Gasteiger partial charge in [0.15, 0.2) is 0 Å². The lowest BCUT2D eigenvalue weighted by Crippen LogP contribution is -2.35. The molecular formula is C12H17NO2S. The normalized spacial score (nSPS) is 12.4. The quantitative estimate of drug-likeness (QED) is 0.772. The summed E-state index contributed by atoms with van der Waals surface area (Å²) in [6.07, 6.45) is 0. The van der Waals surface area contributed by atoms with Gasteiger partial charge in [-0.25, -0.2) is 0 Å². The second-order valence-corrected chi connectivity index (χ2v) is 4.82. The second-order valence-electron chi connectivity index (χ2n) is 3.76. The number of rotatable bonds is 5. The molecule has 1 atom stereocenters. The Hall–Kier alpha value is -1.00. The highest BCUT2D eigenvalue weighted by atomic mass is 32.2. The fraction of sp³-hybridized carbons (Fsp3) is 0.417. The molecule has 0 heterocycles. The summed E-state index contributed by atoms with van der Waals surface area (Å²) >= 11 is 1.57. The molecule has 0 fully saturated rings. The van der Waals surface area contributed by atoms with Crippen LogP contribution in [0.25, 0.3) is 0 Å². The maximum absolute atomic E-state index is 10.8. The molecule has 0 saturated carbocycles. The molecule has 0 aliphatic heterocycles. The van der Waals surface area contributed by atoms with Crippen molar-refractivity contribution in [2.75, 3.05) is 12.8 Å². The Labute approximate surface area is 100 Å². The number of carboxylic acid groups (broad SMARTS) is 1. The summed E-state index contributed by atoms with van der Waals surface area (Å²) in [4.78, 5) is 12.0. The Balaban J connectivity index is 2.63. The molecule has 4 heteroatoms. The summed E-state index contributed by atoms with van der Waals surface area (Å²) in [5.74, 6) is -0.268. The first-order valence-electron chi connectivity index (χ1n) is 5.14. The fourth-order valence-corrected chi connectivity index (χ4v) is 2.52. The summed E-state index contributed by atoms with van der Waals surface area (Å²) in [6.45, 7) is 4.10. The number of aryl methyl sites for hydroxylation is 2. The van der Waals surface area contributed by atoms with Crippen LogP contribution in [0.1, 0.15) is 11.1 Å². The molecule has 1 unspecified atom stereocenters. The Morgan fingerprint density at radius 2 is 2.19 bits per heavy atom. The third kappa shape index (κ3) is 3.54. The maximum Gasteiger partial charge on any atom is 0.321 e. The predicted octanol–water partition coefficient (Wildman–Crippen LogP) is 2.07. The number of hydrogen-bond acceptors (Lipinski definition) is 3. The molecule has 88 valence electrons. The molecule has 2 N–H and O–H groups in total. The SMILES string of the molecule is CNC(CSc1ccc(C)cc1C)C(=O)O. The maximum atomic E-state index is 10.8. The largest absolute Gasteiger partial charge is 0.480 e. The van der Waals surface area contributed by atoms with Crippen molar-refractivity contribution in [1.29, 1.82) is 0 Å². The van der Waals surface area contributed by atoms with Gasteiger partial charge in [-0.05, 0) is 32.5 Å². The van der Waals surface area contributed by atoms with Crippen LogP contribution in [-0.4, -0.2) is 29.9 Å². The van der Waals surface area contributed by atoms with Gasteiger partial charge in [-0.1, -0.05) is 17.7 Å². The number of likely N-dealkylation sites (N-methyl/N-ethyl adjacent to an activating group) is 1. The van der Waals surface area contributed by atoms with Gasteiger partial charge in [-0.3, -0.25) is 4.79 Å². The zero-order chi connectivity index (χ0) is 12.1. The van der Waals surface area contributed by atoms with Crippen LogP contribution in [0.2, 0.25) is 0 Å². The van der Waals surface area contributed by atoms with Crippen LogP contribution in [0, 0.1) is 13.8 Å². The third-order valence-electron chi connectivity index (χ3n) is 2.38. The molecule has 0 bridgehead atoms. The monoisotopic (exact) mass is 239 g/mol. The number of aliphatic carboxylic acids is 1. The van der Waals surface area contributed by atoms with Crippen molar-refractivity contribution in [2.45, 2.75) is 24.8 Å². The van der Waals surface area contributed by atoms with E-state index in [-0.39, 0.29) is 0 Å². The van der Waals surface area contributed by atoms with E-state index in [0.717, 1.165) is 4.90 Å². The minimum Gasteiger partial charge on any atom is -0.480 e. The fourth-order valence-electron chi connectivity index (χ4n) is 1.41. The molecular weight excluding hydrogens is 222 g/mol. The van der Waals surface area contributed by atoms with Crippen LogP contribution in [-0.2, 0) is 4.79 Å². The van der Waals surface area contributed by atoms with E-state index in [1.165, 1.54) is 11.1 Å². The summed E-state index contributed by atoms with van der Waals surface area (Å²) in [6, 6.07) is 5.71. The van der Waals surface area contributed by atoms with E-state index in [4.69, 9.17) is 5.11 Å². The highest BCUT2D eigenvalue weighted by molar-refractivity contribution is 7.99. The topological polar surface area (TPSA) is 49.3 Å². The van der Waals surface area contributed by atoms with E-state index < -0.39 is 12.0 Å². The molecule has 3 nitrogen and oxygen atoms in total. The van der Waals surface area contributed by atoms with Gasteiger partial charge in [-0.15, -0.1) is 11.8 Å². The average molecular weight is 239 g/mol. The highest BCUT2D eigenvalue weighted by Gasteiger charge is 2.15. The van der Waals surface area contributed by atoms with Crippen molar-refractivity contribution in [2.24, 2.45) is 0 Å². The van der Waals surface area contributed by atoms with Crippen molar-refractivity contribution in [3.8, 4) is 0 Å². The summed E-state index contributed by atoms with van der Waals surface area (Å²) < 4.78 is 0. The summed E-state index contributed by atoms with van der Waals surface area (Å²) in [5.41, 5.74) is 2.43. The lowest BCUT2D eigenvalue weighted by atomic mass is 10.2. The Morgan fingerprint density at radius 1 is 1.50 bits per heavy atom. The van der Waals surface area contributed by atoms with Gasteiger partial charge >= 0.3 is 5.97 Å². The first kappa shape index (κ1) is 13.1. The third-order valence-corrected chi connectivity index (χ3v) is 3.65. The predicted molar refractivity (Wildman–Crippen MR) is 67.1 cm³/mol. The van der Waals surface area contributed by atoms with E-state index in [2.05, 4.69) is 18.3 Å². The van der Waals surface area contributed by atoms with Crippen LogP contribution in [0.15, 0.2) is 23.1 Å². The zero-order valence-electron chi connectivity index (χ0n) is 9.78. The second kappa shape index (κ2) is 5.92. The van der Waals surface area contributed by atoms with E-state index in [9.17, 15) is 4.79 Å². The molecule has 0 amide bonds. The van der Waals surface area contributed by atoms with Gasteiger partial charge in [-0.2, -0.15) is 0 Å². The van der Waals surface area contributed by atoms with Crippen LogP contribution >= 0.6 is 11.8 Å². The van der Waals surface area contributed by atoms with Crippen molar-refractivity contribution in [1.82, 2.24) is 5.32 Å². The molecule has 0 spiro atoms. The molecule has 1 rings (SSSR count). The van der Waals surface area contributed by atoms with Crippen LogP contribution in [0.5, 0.6) is 0 Å². The van der Waals surface area contributed by atoms with Gasteiger partial charge in [0.25, 0.3) is 0 Å². The number of carboxylic acids is 1. The Bertz CT molecular complexity index is 379. The van der Waals surface area contributed by atoms with Crippen molar-refractivity contribution in [3.05, 3.63) is 29.3 Å². The van der Waals surface area contributed by atoms with E-state index in [1.807, 2.05) is 19.1 Å². The zero-order valence-corrected chi connectivity index (χ0v) is 10.6. The molecule has 1 aromatic carbocycles. The molecule has 0 aromatic heterocycles. The molecule has 0 aliphatic carbocycles. The Kier molecular flexibility index (Phi) is 4.83. The van der Waals surface area contributed by atoms with E-state index in [0.29, 0.717) is 5.75 Å². The Morgan fingerprint density at radius 3 is 2.69 bits per heavy atom. The minimum absolute atomic E-state index is 0.495. The van der Waals surface area contributed by atoms with Gasteiger partial charge in [0.1, 0.15) is 6.04 Å². The summed E-state index contributed by atoms with van der Waals surface area (Å²) in [5, 5.41) is 11.7. The first-order chi connectivity index (χ1) is 7.54. The van der Waals surface area contributed by atoms with Gasteiger partial charge in [0, 0.05) is 10.6 Å². The van der Waals surface area contributed by atoms with E-state index >= 15 is 0 Å². The number of hydrogen-bond donors (Lipinski definition) is 2. The molecule has 1 aromatic rings. The van der Waals surface area contributed by atoms with Crippen molar-refractivity contribution in [3.63, 3.8) is 0 Å². The van der Waals surface area contributed by atoms with Crippen LogP contribution in [0.3, 0.4) is 0 Å². The van der Waals surface area contributed by atoms with Crippen LogP contribution in [0.4, 0.5) is 0 Å². The lowest BCUT2D eigenvalue weighted by molar-refractivity contribution is -0.138. The van der Waals surface area contributed by atoms with Gasteiger partial charge in [0.2, 0.25) is 0 Å².